The minimum Gasteiger partial charge on any atom is -0.394 e. The third-order valence-corrected chi connectivity index (χ3v) is 1.91. The van der Waals surface area contributed by atoms with Gasteiger partial charge in [0.2, 0.25) is 0 Å². The second-order valence-electron chi connectivity index (χ2n) is 3.33. The van der Waals surface area contributed by atoms with Crippen LogP contribution in [0.3, 0.4) is 0 Å². The molecule has 0 aromatic carbocycles. The van der Waals surface area contributed by atoms with Gasteiger partial charge >= 0.3 is 0 Å². The van der Waals surface area contributed by atoms with E-state index in [1.807, 2.05) is 0 Å². The first-order valence-electron chi connectivity index (χ1n) is 4.29. The number of carbonyl (C=O) groups excluding carboxylic acids is 1. The maximum atomic E-state index is 11.4. The van der Waals surface area contributed by atoms with Crippen LogP contribution in [0.5, 0.6) is 0 Å². The smallest absolute Gasteiger partial charge is 0.251 e. The summed E-state index contributed by atoms with van der Waals surface area (Å²) in [6.07, 6.45) is -0.757. The summed E-state index contributed by atoms with van der Waals surface area (Å²) >= 11 is 0. The minimum atomic E-state index is -1.04. The highest BCUT2D eigenvalue weighted by Crippen LogP contribution is 2.01. The van der Waals surface area contributed by atoms with Gasteiger partial charge in [-0.25, -0.2) is 0 Å². The zero-order valence-electron chi connectivity index (χ0n) is 8.49. The van der Waals surface area contributed by atoms with Gasteiger partial charge in [0.05, 0.1) is 18.8 Å². The summed E-state index contributed by atoms with van der Waals surface area (Å²) in [6.45, 7) is 0.871. The summed E-state index contributed by atoms with van der Waals surface area (Å²) in [6, 6.07) is 0. The number of ether oxygens (including phenoxy) is 1. The fourth-order valence-corrected chi connectivity index (χ4v) is 0.817. The number of amides is 1. The maximum absolute atomic E-state index is 11.4. The van der Waals surface area contributed by atoms with E-state index < -0.39 is 17.6 Å². The van der Waals surface area contributed by atoms with Crippen molar-refractivity contribution < 1.29 is 19.7 Å². The lowest BCUT2D eigenvalue weighted by Gasteiger charge is -2.27. The second kappa shape index (κ2) is 5.92. The van der Waals surface area contributed by atoms with E-state index in [4.69, 9.17) is 20.7 Å². The molecule has 84 valence electrons. The number of nitrogens with one attached hydrogen (secondary N) is 1. The SMILES string of the molecule is COC(CN)C(=O)NC(C)(CO)CO. The molecule has 0 bridgehead atoms. The fraction of sp³-hybridized carbons (Fsp3) is 0.875. The first kappa shape index (κ1) is 13.3. The maximum Gasteiger partial charge on any atom is 0.251 e. The molecule has 0 spiro atoms. The molecule has 0 radical (unpaired) electrons. The predicted octanol–water partition coefficient (Wildman–Crippen LogP) is -2.18. The van der Waals surface area contributed by atoms with Crippen molar-refractivity contribution in [2.75, 3.05) is 26.9 Å². The Morgan fingerprint density at radius 2 is 2.07 bits per heavy atom. The van der Waals surface area contributed by atoms with Gasteiger partial charge in [0, 0.05) is 13.7 Å². The van der Waals surface area contributed by atoms with Crippen molar-refractivity contribution in [3.63, 3.8) is 0 Å². The average Bonchev–Trinajstić information content (AvgIpc) is 2.19. The van der Waals surface area contributed by atoms with Crippen LogP contribution in [0.1, 0.15) is 6.92 Å². The molecule has 0 aromatic rings. The lowest BCUT2D eigenvalue weighted by Crippen LogP contribution is -2.55. The Balaban J connectivity index is 4.28. The molecule has 0 rings (SSSR count). The van der Waals surface area contributed by atoms with Gasteiger partial charge in [-0.05, 0) is 6.92 Å². The number of carbonyl (C=O) groups is 1. The van der Waals surface area contributed by atoms with Crippen LogP contribution in [0, 0.1) is 0 Å². The highest BCUT2D eigenvalue weighted by atomic mass is 16.5. The van der Waals surface area contributed by atoms with Gasteiger partial charge in [0.15, 0.2) is 0 Å². The molecule has 1 atom stereocenters. The van der Waals surface area contributed by atoms with E-state index in [0.717, 1.165) is 0 Å². The average molecular weight is 206 g/mol. The molecule has 5 N–H and O–H groups in total. The van der Waals surface area contributed by atoms with Crippen molar-refractivity contribution in [2.24, 2.45) is 5.73 Å². The normalized spacial score (nSPS) is 13.8. The Morgan fingerprint density at radius 3 is 2.36 bits per heavy atom. The number of hydrogen-bond donors (Lipinski definition) is 4. The molecule has 0 heterocycles. The summed E-state index contributed by atoms with van der Waals surface area (Å²) in [5.74, 6) is -0.444. The van der Waals surface area contributed by atoms with Gasteiger partial charge in [-0.15, -0.1) is 0 Å². The minimum absolute atomic E-state index is 0.0509. The lowest BCUT2D eigenvalue weighted by atomic mass is 10.1. The van der Waals surface area contributed by atoms with Crippen LogP contribution in [0.4, 0.5) is 0 Å². The van der Waals surface area contributed by atoms with Crippen LogP contribution >= 0.6 is 0 Å². The third kappa shape index (κ3) is 3.59. The van der Waals surface area contributed by atoms with Crippen molar-refractivity contribution in [3.05, 3.63) is 0 Å². The number of hydrogen-bond acceptors (Lipinski definition) is 5. The summed E-state index contributed by atoms with van der Waals surface area (Å²) in [5.41, 5.74) is 4.24. The Kier molecular flexibility index (Phi) is 5.63. The Morgan fingerprint density at radius 1 is 1.57 bits per heavy atom. The lowest BCUT2D eigenvalue weighted by molar-refractivity contribution is -0.133. The van der Waals surface area contributed by atoms with Crippen LogP contribution < -0.4 is 11.1 Å². The van der Waals surface area contributed by atoms with Crippen LogP contribution in [-0.4, -0.2) is 54.6 Å². The van der Waals surface area contributed by atoms with Crippen molar-refractivity contribution in [1.29, 1.82) is 0 Å². The molecular weight excluding hydrogens is 188 g/mol. The fourth-order valence-electron chi connectivity index (χ4n) is 0.817. The van der Waals surface area contributed by atoms with Crippen molar-refractivity contribution in [2.45, 2.75) is 18.6 Å². The quantitative estimate of drug-likeness (QED) is 0.395. The zero-order chi connectivity index (χ0) is 11.2. The molecular formula is C8H18N2O4. The van der Waals surface area contributed by atoms with E-state index in [0.29, 0.717) is 0 Å². The van der Waals surface area contributed by atoms with Crippen LogP contribution in [0.2, 0.25) is 0 Å². The van der Waals surface area contributed by atoms with E-state index in [9.17, 15) is 4.79 Å². The first-order chi connectivity index (χ1) is 6.52. The molecule has 0 aromatic heterocycles. The predicted molar refractivity (Wildman–Crippen MR) is 50.6 cm³/mol. The standard InChI is InChI=1S/C8H18N2O4/c1-8(4-11,5-12)10-7(13)6(3-9)14-2/h6,11-12H,3-5,9H2,1-2H3,(H,10,13). The number of aliphatic hydroxyl groups excluding tert-OH is 2. The molecule has 14 heavy (non-hydrogen) atoms. The van der Waals surface area contributed by atoms with Crippen molar-refractivity contribution in [3.8, 4) is 0 Å². The monoisotopic (exact) mass is 206 g/mol. The molecule has 6 heteroatoms. The molecule has 0 aliphatic heterocycles. The molecule has 0 aliphatic carbocycles. The van der Waals surface area contributed by atoms with Gasteiger partial charge in [0.25, 0.3) is 5.91 Å². The highest BCUT2D eigenvalue weighted by Gasteiger charge is 2.27. The first-order valence-corrected chi connectivity index (χ1v) is 4.29. The topological polar surface area (TPSA) is 105 Å². The molecule has 1 unspecified atom stereocenters. The molecule has 0 aliphatic rings. The van der Waals surface area contributed by atoms with Gasteiger partial charge in [-0.2, -0.15) is 0 Å². The van der Waals surface area contributed by atoms with Crippen LogP contribution in [-0.2, 0) is 9.53 Å². The number of methoxy groups -OCH3 is 1. The van der Waals surface area contributed by atoms with Gasteiger partial charge in [0.1, 0.15) is 6.10 Å². The summed E-state index contributed by atoms with van der Waals surface area (Å²) in [5, 5.41) is 20.3. The Bertz CT molecular complexity index is 178. The molecule has 0 fully saturated rings. The van der Waals surface area contributed by atoms with E-state index in [2.05, 4.69) is 5.32 Å². The molecule has 6 nitrogen and oxygen atoms in total. The van der Waals surface area contributed by atoms with Crippen LogP contribution in [0.15, 0.2) is 0 Å². The third-order valence-electron chi connectivity index (χ3n) is 1.91. The van der Waals surface area contributed by atoms with E-state index in [1.165, 1.54) is 14.0 Å². The largest absolute Gasteiger partial charge is 0.394 e. The molecule has 0 saturated heterocycles. The number of rotatable bonds is 6. The highest BCUT2D eigenvalue weighted by molar-refractivity contribution is 5.81. The number of aliphatic hydroxyl groups is 2. The second-order valence-corrected chi connectivity index (χ2v) is 3.33. The van der Waals surface area contributed by atoms with E-state index in [-0.39, 0.29) is 19.8 Å². The van der Waals surface area contributed by atoms with Crippen molar-refractivity contribution in [1.82, 2.24) is 5.32 Å². The summed E-state index contributed by atoms with van der Waals surface area (Å²) < 4.78 is 4.80. The zero-order valence-corrected chi connectivity index (χ0v) is 8.49. The van der Waals surface area contributed by atoms with Gasteiger partial charge in [-0.3, -0.25) is 4.79 Å². The molecule has 1 amide bonds. The Hall–Kier alpha value is -0.690. The molecule has 0 saturated carbocycles. The van der Waals surface area contributed by atoms with Crippen molar-refractivity contribution >= 4 is 5.91 Å². The number of nitrogens with two attached hydrogens (primary N) is 1. The van der Waals surface area contributed by atoms with Crippen LogP contribution in [0.25, 0.3) is 0 Å². The van der Waals surface area contributed by atoms with Gasteiger partial charge in [-0.1, -0.05) is 0 Å². The summed E-state index contributed by atoms with van der Waals surface area (Å²) in [4.78, 5) is 11.4. The Labute approximate surface area is 83.0 Å². The van der Waals surface area contributed by atoms with E-state index in [1.54, 1.807) is 0 Å². The van der Waals surface area contributed by atoms with E-state index >= 15 is 0 Å². The summed E-state index contributed by atoms with van der Waals surface area (Å²) in [7, 11) is 1.37. The van der Waals surface area contributed by atoms with Gasteiger partial charge < -0.3 is 26.0 Å².